The zero-order chi connectivity index (χ0) is 21.8. The molecule has 2 aromatic carbocycles. The standard InChI is InChI=1S/C24H31N3O3S/c1-2-8-24(28)25-19-13-14-22(27-15-5-6-16-27)23(17-19)31(29,30)26-21-12-7-10-18-9-3-4-11-20(18)21/h3-4,9,11,13-14,17,21,26H,2,5-8,10,12,15-16H2,1H3,(H,25,28). The van der Waals surface area contributed by atoms with Gasteiger partial charge in [0.2, 0.25) is 15.9 Å². The Labute approximate surface area is 185 Å². The van der Waals surface area contributed by atoms with Crippen molar-refractivity contribution in [3.63, 3.8) is 0 Å². The van der Waals surface area contributed by atoms with Gasteiger partial charge in [0.25, 0.3) is 0 Å². The van der Waals surface area contributed by atoms with E-state index in [9.17, 15) is 13.2 Å². The zero-order valence-corrected chi connectivity index (χ0v) is 18.9. The first-order chi connectivity index (χ1) is 15.0. The van der Waals surface area contributed by atoms with Crippen molar-refractivity contribution in [3.05, 3.63) is 53.6 Å². The van der Waals surface area contributed by atoms with Gasteiger partial charge in [-0.15, -0.1) is 0 Å². The Bertz CT molecular complexity index is 1050. The summed E-state index contributed by atoms with van der Waals surface area (Å²) in [5, 5.41) is 2.84. The summed E-state index contributed by atoms with van der Waals surface area (Å²) in [6.07, 6.45) is 5.97. The second kappa shape index (κ2) is 9.40. The molecule has 0 bridgehead atoms. The van der Waals surface area contributed by atoms with Crippen LogP contribution < -0.4 is 14.9 Å². The van der Waals surface area contributed by atoms with Crippen molar-refractivity contribution in [2.24, 2.45) is 0 Å². The van der Waals surface area contributed by atoms with Gasteiger partial charge >= 0.3 is 0 Å². The molecule has 166 valence electrons. The number of hydrogen-bond acceptors (Lipinski definition) is 4. The van der Waals surface area contributed by atoms with E-state index in [1.807, 2.05) is 31.2 Å². The predicted molar refractivity (Wildman–Crippen MR) is 124 cm³/mol. The predicted octanol–water partition coefficient (Wildman–Crippen LogP) is 4.38. The molecule has 0 saturated carbocycles. The lowest BCUT2D eigenvalue weighted by Gasteiger charge is -2.28. The van der Waals surface area contributed by atoms with Crippen LogP contribution >= 0.6 is 0 Å². The molecule has 0 radical (unpaired) electrons. The molecule has 0 aromatic heterocycles. The summed E-state index contributed by atoms with van der Waals surface area (Å²) < 4.78 is 30.2. The van der Waals surface area contributed by atoms with Crippen LogP contribution in [0.25, 0.3) is 0 Å². The maximum absolute atomic E-state index is 13.6. The van der Waals surface area contributed by atoms with Crippen LogP contribution in [0.3, 0.4) is 0 Å². The van der Waals surface area contributed by atoms with Crippen LogP contribution in [0.15, 0.2) is 47.4 Å². The van der Waals surface area contributed by atoms with Crippen molar-refractivity contribution in [1.82, 2.24) is 4.72 Å². The Morgan fingerprint density at radius 3 is 2.65 bits per heavy atom. The second-order valence-electron chi connectivity index (χ2n) is 8.44. The number of aryl methyl sites for hydroxylation is 1. The lowest BCUT2D eigenvalue weighted by Crippen LogP contribution is -2.32. The van der Waals surface area contributed by atoms with Crippen LogP contribution in [0.4, 0.5) is 11.4 Å². The second-order valence-corrected chi connectivity index (χ2v) is 10.1. The van der Waals surface area contributed by atoms with E-state index in [-0.39, 0.29) is 16.8 Å². The van der Waals surface area contributed by atoms with E-state index in [0.717, 1.165) is 57.2 Å². The lowest BCUT2D eigenvalue weighted by molar-refractivity contribution is -0.116. The molecule has 1 saturated heterocycles. The molecule has 1 aliphatic heterocycles. The van der Waals surface area contributed by atoms with Gasteiger partial charge in [-0.25, -0.2) is 13.1 Å². The monoisotopic (exact) mass is 441 g/mol. The van der Waals surface area contributed by atoms with E-state index in [2.05, 4.69) is 21.0 Å². The first kappa shape index (κ1) is 21.8. The van der Waals surface area contributed by atoms with Crippen LogP contribution in [0, 0.1) is 0 Å². The van der Waals surface area contributed by atoms with E-state index in [4.69, 9.17) is 0 Å². The van der Waals surface area contributed by atoms with E-state index in [0.29, 0.717) is 17.8 Å². The number of nitrogens with one attached hydrogen (secondary N) is 2. The smallest absolute Gasteiger partial charge is 0.243 e. The van der Waals surface area contributed by atoms with Gasteiger partial charge in [-0.1, -0.05) is 31.2 Å². The molecule has 0 spiro atoms. The number of hydrogen-bond donors (Lipinski definition) is 2. The fraction of sp³-hybridized carbons (Fsp3) is 0.458. The van der Waals surface area contributed by atoms with Crippen molar-refractivity contribution in [2.45, 2.75) is 62.8 Å². The molecule has 1 unspecified atom stereocenters. The number of rotatable bonds is 7. The number of benzene rings is 2. The average molecular weight is 442 g/mol. The molecule has 6 nitrogen and oxygen atoms in total. The highest BCUT2D eigenvalue weighted by atomic mass is 32.2. The molecule has 4 rings (SSSR count). The lowest BCUT2D eigenvalue weighted by atomic mass is 9.88. The van der Waals surface area contributed by atoms with Gasteiger partial charge in [0.15, 0.2) is 0 Å². The van der Waals surface area contributed by atoms with Gasteiger partial charge in [0.1, 0.15) is 4.90 Å². The molecule has 7 heteroatoms. The summed E-state index contributed by atoms with van der Waals surface area (Å²) in [7, 11) is -3.78. The number of nitrogens with zero attached hydrogens (tertiary/aromatic N) is 1. The van der Waals surface area contributed by atoms with Gasteiger partial charge in [0, 0.05) is 31.2 Å². The Balaban J connectivity index is 1.67. The molecular weight excluding hydrogens is 410 g/mol. The van der Waals surface area contributed by atoms with Gasteiger partial charge in [-0.05, 0) is 67.9 Å². The van der Waals surface area contributed by atoms with Crippen LogP contribution in [0.1, 0.15) is 62.6 Å². The molecule has 1 atom stereocenters. The third kappa shape index (κ3) is 4.93. The molecule has 1 heterocycles. The zero-order valence-electron chi connectivity index (χ0n) is 18.1. The van der Waals surface area contributed by atoms with E-state index in [1.165, 1.54) is 5.56 Å². The highest BCUT2D eigenvalue weighted by molar-refractivity contribution is 7.89. The number of fused-ring (bicyclic) bond motifs is 1. The number of carbonyl (C=O) groups is 1. The third-order valence-electron chi connectivity index (χ3n) is 6.12. The summed E-state index contributed by atoms with van der Waals surface area (Å²) in [5.41, 5.74) is 3.50. The summed E-state index contributed by atoms with van der Waals surface area (Å²) in [4.78, 5) is 14.5. The number of amides is 1. The van der Waals surface area contributed by atoms with Crippen molar-refractivity contribution in [3.8, 4) is 0 Å². The highest BCUT2D eigenvalue weighted by Gasteiger charge is 2.29. The minimum atomic E-state index is -3.78. The first-order valence-electron chi connectivity index (χ1n) is 11.3. The molecule has 1 amide bonds. The number of carbonyl (C=O) groups excluding carboxylic acids is 1. The molecule has 2 aliphatic rings. The number of sulfonamides is 1. The molecule has 1 fully saturated rings. The Hall–Kier alpha value is -2.38. The van der Waals surface area contributed by atoms with Crippen LogP contribution in [-0.4, -0.2) is 27.4 Å². The van der Waals surface area contributed by atoms with E-state index >= 15 is 0 Å². The minimum Gasteiger partial charge on any atom is -0.370 e. The van der Waals surface area contributed by atoms with Gasteiger partial charge in [-0.2, -0.15) is 0 Å². The van der Waals surface area contributed by atoms with Crippen LogP contribution in [-0.2, 0) is 21.2 Å². The Kier molecular flexibility index (Phi) is 6.62. The quantitative estimate of drug-likeness (QED) is 0.668. The van der Waals surface area contributed by atoms with Crippen LogP contribution in [0.5, 0.6) is 0 Å². The van der Waals surface area contributed by atoms with Gasteiger partial charge in [0.05, 0.1) is 5.69 Å². The highest BCUT2D eigenvalue weighted by Crippen LogP contribution is 2.35. The summed E-state index contributed by atoms with van der Waals surface area (Å²) in [6.45, 7) is 3.63. The average Bonchev–Trinajstić information content (AvgIpc) is 3.29. The molecule has 2 N–H and O–H groups in total. The van der Waals surface area contributed by atoms with Crippen molar-refractivity contribution in [1.29, 1.82) is 0 Å². The fourth-order valence-corrected chi connectivity index (χ4v) is 6.11. The normalized spacial score (nSPS) is 18.6. The van der Waals surface area contributed by atoms with E-state index < -0.39 is 10.0 Å². The third-order valence-corrected chi connectivity index (χ3v) is 7.62. The first-order valence-corrected chi connectivity index (χ1v) is 12.8. The SMILES string of the molecule is CCCC(=O)Nc1ccc(N2CCCC2)c(S(=O)(=O)NC2CCCc3ccccc32)c1. The fourth-order valence-electron chi connectivity index (χ4n) is 4.60. The molecular formula is C24H31N3O3S. The summed E-state index contributed by atoms with van der Waals surface area (Å²) in [6, 6.07) is 13.1. The summed E-state index contributed by atoms with van der Waals surface area (Å²) >= 11 is 0. The molecule has 1 aliphatic carbocycles. The maximum Gasteiger partial charge on any atom is 0.243 e. The largest absolute Gasteiger partial charge is 0.370 e. The number of anilines is 2. The topological polar surface area (TPSA) is 78.5 Å². The van der Waals surface area contributed by atoms with Gasteiger partial charge in [-0.3, -0.25) is 4.79 Å². The molecule has 2 aromatic rings. The molecule has 31 heavy (non-hydrogen) atoms. The maximum atomic E-state index is 13.6. The van der Waals surface area contributed by atoms with E-state index in [1.54, 1.807) is 12.1 Å². The van der Waals surface area contributed by atoms with Crippen molar-refractivity contribution >= 4 is 27.3 Å². The Morgan fingerprint density at radius 1 is 1.10 bits per heavy atom. The van der Waals surface area contributed by atoms with Crippen LogP contribution in [0.2, 0.25) is 0 Å². The summed E-state index contributed by atoms with van der Waals surface area (Å²) in [5.74, 6) is -0.103. The van der Waals surface area contributed by atoms with Crippen molar-refractivity contribution < 1.29 is 13.2 Å². The van der Waals surface area contributed by atoms with Gasteiger partial charge < -0.3 is 10.2 Å². The minimum absolute atomic E-state index is 0.103. The van der Waals surface area contributed by atoms with Crippen molar-refractivity contribution in [2.75, 3.05) is 23.3 Å². The Morgan fingerprint density at radius 2 is 1.87 bits per heavy atom.